The van der Waals surface area contributed by atoms with Gasteiger partial charge in [0.1, 0.15) is 5.75 Å². The van der Waals surface area contributed by atoms with Gasteiger partial charge in [-0.1, -0.05) is 0 Å². The lowest BCUT2D eigenvalue weighted by atomic mass is 10.1. The molecule has 0 bridgehead atoms. The minimum atomic E-state index is -0.575. The van der Waals surface area contributed by atoms with Crippen LogP contribution in [0.3, 0.4) is 0 Å². The average Bonchev–Trinajstić information content (AvgIpc) is 2.44. The molecule has 2 N–H and O–H groups in total. The average molecular weight is 262 g/mol. The van der Waals surface area contributed by atoms with E-state index in [1.807, 2.05) is 6.07 Å². The van der Waals surface area contributed by atoms with Gasteiger partial charge in [0.15, 0.2) is 0 Å². The van der Waals surface area contributed by atoms with Crippen LogP contribution in [0.15, 0.2) is 29.1 Å². The highest BCUT2D eigenvalue weighted by molar-refractivity contribution is 5.80. The van der Waals surface area contributed by atoms with Gasteiger partial charge in [0, 0.05) is 11.6 Å². The molecule has 0 spiro atoms. The summed E-state index contributed by atoms with van der Waals surface area (Å²) in [4.78, 5) is 25.6. The van der Waals surface area contributed by atoms with Crippen molar-refractivity contribution < 1.29 is 14.3 Å². The van der Waals surface area contributed by atoms with Gasteiger partial charge < -0.3 is 19.8 Å². The molecule has 100 valence electrons. The highest BCUT2D eigenvalue weighted by Gasteiger charge is 2.06. The summed E-state index contributed by atoms with van der Waals surface area (Å²) in [5.41, 5.74) is 0.895. The number of carbonyl (C=O) groups is 1. The van der Waals surface area contributed by atoms with Gasteiger partial charge in [-0.2, -0.15) is 0 Å². The zero-order chi connectivity index (χ0) is 13.8. The molecule has 0 aliphatic rings. The third kappa shape index (κ3) is 2.85. The van der Waals surface area contributed by atoms with Gasteiger partial charge in [-0.25, -0.2) is 4.79 Å². The SMILES string of the molecule is COC(=O)NCc1cc2ccc(OC)cc2[nH]c1=O. The van der Waals surface area contributed by atoms with Crippen molar-refractivity contribution in [3.8, 4) is 5.75 Å². The summed E-state index contributed by atoms with van der Waals surface area (Å²) >= 11 is 0. The number of hydrogen-bond acceptors (Lipinski definition) is 4. The van der Waals surface area contributed by atoms with Crippen LogP contribution in [0.2, 0.25) is 0 Å². The number of fused-ring (bicyclic) bond motifs is 1. The van der Waals surface area contributed by atoms with Crippen LogP contribution in [-0.2, 0) is 11.3 Å². The number of rotatable bonds is 3. The molecule has 1 heterocycles. The highest BCUT2D eigenvalue weighted by Crippen LogP contribution is 2.18. The summed E-state index contributed by atoms with van der Waals surface area (Å²) in [5.74, 6) is 0.670. The van der Waals surface area contributed by atoms with Gasteiger partial charge in [0.25, 0.3) is 5.56 Å². The lowest BCUT2D eigenvalue weighted by molar-refractivity contribution is 0.170. The summed E-state index contributed by atoms with van der Waals surface area (Å²) < 4.78 is 9.54. The summed E-state index contributed by atoms with van der Waals surface area (Å²) in [6.07, 6.45) is -0.575. The van der Waals surface area contributed by atoms with Gasteiger partial charge in [0.2, 0.25) is 0 Å². The second-order valence-electron chi connectivity index (χ2n) is 3.92. The first-order valence-corrected chi connectivity index (χ1v) is 5.66. The number of benzene rings is 1. The van der Waals surface area contributed by atoms with Crippen molar-refractivity contribution in [2.45, 2.75) is 6.54 Å². The minimum absolute atomic E-state index is 0.115. The van der Waals surface area contributed by atoms with Crippen LogP contribution >= 0.6 is 0 Å². The van der Waals surface area contributed by atoms with Crippen LogP contribution < -0.4 is 15.6 Å². The number of H-pyrrole nitrogens is 1. The van der Waals surface area contributed by atoms with Crippen LogP contribution in [0.1, 0.15) is 5.56 Å². The van der Waals surface area contributed by atoms with Crippen molar-refractivity contribution >= 4 is 17.0 Å². The van der Waals surface area contributed by atoms with E-state index < -0.39 is 6.09 Å². The molecule has 0 unspecified atom stereocenters. The number of aromatic nitrogens is 1. The molecule has 0 aliphatic heterocycles. The lowest BCUT2D eigenvalue weighted by Gasteiger charge is -2.06. The Morgan fingerprint density at radius 3 is 2.79 bits per heavy atom. The zero-order valence-electron chi connectivity index (χ0n) is 10.6. The molecule has 2 rings (SSSR count). The van der Waals surface area contributed by atoms with E-state index in [0.29, 0.717) is 16.8 Å². The Balaban J connectivity index is 2.34. The fourth-order valence-electron chi connectivity index (χ4n) is 1.72. The summed E-state index contributed by atoms with van der Waals surface area (Å²) in [6, 6.07) is 7.11. The Bertz CT molecular complexity index is 663. The van der Waals surface area contributed by atoms with Crippen LogP contribution in [-0.4, -0.2) is 25.3 Å². The number of ether oxygens (including phenoxy) is 2. The van der Waals surface area contributed by atoms with Crippen molar-refractivity contribution in [3.63, 3.8) is 0 Å². The first-order valence-electron chi connectivity index (χ1n) is 5.66. The van der Waals surface area contributed by atoms with Crippen molar-refractivity contribution in [2.24, 2.45) is 0 Å². The number of carbonyl (C=O) groups excluding carboxylic acids is 1. The first-order chi connectivity index (χ1) is 9.13. The minimum Gasteiger partial charge on any atom is -0.497 e. The molecule has 0 radical (unpaired) electrons. The quantitative estimate of drug-likeness (QED) is 0.876. The van der Waals surface area contributed by atoms with E-state index in [1.165, 1.54) is 7.11 Å². The first kappa shape index (κ1) is 12.9. The fourth-order valence-corrected chi connectivity index (χ4v) is 1.72. The topological polar surface area (TPSA) is 80.4 Å². The molecule has 6 nitrogen and oxygen atoms in total. The molecular formula is C13H14N2O4. The van der Waals surface area contributed by atoms with Crippen LogP contribution in [0, 0.1) is 0 Å². The third-order valence-corrected chi connectivity index (χ3v) is 2.74. The van der Waals surface area contributed by atoms with Gasteiger partial charge in [-0.3, -0.25) is 4.79 Å². The molecular weight excluding hydrogens is 248 g/mol. The van der Waals surface area contributed by atoms with E-state index in [4.69, 9.17) is 4.74 Å². The fraction of sp³-hybridized carbons (Fsp3) is 0.231. The molecule has 0 atom stereocenters. The smallest absolute Gasteiger partial charge is 0.407 e. The molecule has 0 fully saturated rings. The maximum Gasteiger partial charge on any atom is 0.407 e. The standard InChI is InChI=1S/C13H14N2O4/c1-18-10-4-3-8-5-9(7-14-13(17)19-2)12(16)15-11(8)6-10/h3-6H,7H2,1-2H3,(H,14,17)(H,15,16). The van der Waals surface area contributed by atoms with E-state index in [-0.39, 0.29) is 12.1 Å². The Morgan fingerprint density at radius 2 is 2.11 bits per heavy atom. The number of hydrogen-bond donors (Lipinski definition) is 2. The zero-order valence-corrected chi connectivity index (χ0v) is 10.6. The summed E-state index contributed by atoms with van der Waals surface area (Å²) in [6.45, 7) is 0.115. The maximum absolute atomic E-state index is 11.8. The van der Waals surface area contributed by atoms with Crippen LogP contribution in [0.4, 0.5) is 4.79 Å². The Hall–Kier alpha value is -2.50. The van der Waals surface area contributed by atoms with Crippen molar-refractivity contribution in [1.29, 1.82) is 0 Å². The van der Waals surface area contributed by atoms with Gasteiger partial charge in [0.05, 0.1) is 26.3 Å². The van der Waals surface area contributed by atoms with Gasteiger partial charge >= 0.3 is 6.09 Å². The molecule has 2 aromatic rings. The third-order valence-electron chi connectivity index (χ3n) is 2.74. The Kier molecular flexibility index (Phi) is 3.70. The molecule has 19 heavy (non-hydrogen) atoms. The summed E-state index contributed by atoms with van der Waals surface area (Å²) in [7, 11) is 2.83. The van der Waals surface area contributed by atoms with Crippen molar-refractivity contribution in [1.82, 2.24) is 10.3 Å². The van der Waals surface area contributed by atoms with Gasteiger partial charge in [-0.15, -0.1) is 0 Å². The Labute approximate surface area is 109 Å². The number of aromatic amines is 1. The second kappa shape index (κ2) is 5.43. The molecule has 0 saturated carbocycles. The molecule has 1 amide bonds. The number of alkyl carbamates (subject to hydrolysis) is 1. The monoisotopic (exact) mass is 262 g/mol. The molecule has 1 aromatic carbocycles. The number of amides is 1. The number of methoxy groups -OCH3 is 2. The molecule has 1 aromatic heterocycles. The molecule has 0 aliphatic carbocycles. The lowest BCUT2D eigenvalue weighted by Crippen LogP contribution is -2.26. The van der Waals surface area contributed by atoms with Crippen LogP contribution in [0.5, 0.6) is 5.75 Å². The summed E-state index contributed by atoms with van der Waals surface area (Å²) in [5, 5.41) is 3.33. The van der Waals surface area contributed by atoms with Crippen molar-refractivity contribution in [3.05, 3.63) is 40.2 Å². The predicted molar refractivity (Wildman–Crippen MR) is 70.4 cm³/mol. The maximum atomic E-state index is 11.8. The number of pyridine rings is 1. The number of nitrogens with one attached hydrogen (secondary N) is 2. The normalized spacial score (nSPS) is 10.2. The molecule has 0 saturated heterocycles. The van der Waals surface area contributed by atoms with Crippen LogP contribution in [0.25, 0.3) is 10.9 Å². The second-order valence-corrected chi connectivity index (χ2v) is 3.92. The highest BCUT2D eigenvalue weighted by atomic mass is 16.5. The van der Waals surface area contributed by atoms with E-state index in [1.54, 1.807) is 25.3 Å². The molecule has 6 heteroatoms. The van der Waals surface area contributed by atoms with E-state index >= 15 is 0 Å². The van der Waals surface area contributed by atoms with Gasteiger partial charge in [-0.05, 0) is 23.6 Å². The van der Waals surface area contributed by atoms with E-state index in [0.717, 1.165) is 5.39 Å². The Morgan fingerprint density at radius 1 is 1.32 bits per heavy atom. The van der Waals surface area contributed by atoms with E-state index in [2.05, 4.69) is 15.0 Å². The predicted octanol–water partition coefficient (Wildman–Crippen LogP) is 1.39. The van der Waals surface area contributed by atoms with E-state index in [9.17, 15) is 9.59 Å². The van der Waals surface area contributed by atoms with Crippen molar-refractivity contribution in [2.75, 3.05) is 14.2 Å². The largest absolute Gasteiger partial charge is 0.497 e.